The molecular weight excluding hydrogens is 200 g/mol. The van der Waals surface area contributed by atoms with E-state index in [1.807, 2.05) is 12.1 Å². The van der Waals surface area contributed by atoms with E-state index < -0.39 is 0 Å². The Morgan fingerprint density at radius 1 is 1.38 bits per heavy atom. The predicted molar refractivity (Wildman–Crippen MR) is 67.3 cm³/mol. The Hall–Kier alpha value is -1.51. The van der Waals surface area contributed by atoms with Crippen LogP contribution in [-0.2, 0) is 5.41 Å². The third-order valence-electron chi connectivity index (χ3n) is 2.33. The van der Waals surface area contributed by atoms with E-state index in [-0.39, 0.29) is 17.9 Å². The van der Waals surface area contributed by atoms with Crippen molar-refractivity contribution in [2.45, 2.75) is 33.1 Å². The Bertz CT molecular complexity index is 391. The van der Waals surface area contributed by atoms with Gasteiger partial charge in [0.2, 0.25) is 0 Å². The lowest BCUT2D eigenvalue weighted by Gasteiger charge is -2.23. The van der Waals surface area contributed by atoms with Gasteiger partial charge in [0.1, 0.15) is 18.2 Å². The summed E-state index contributed by atoms with van der Waals surface area (Å²) < 4.78 is 5.53. The van der Waals surface area contributed by atoms with Gasteiger partial charge < -0.3 is 10.5 Å². The molecule has 0 aliphatic heterocycles. The van der Waals surface area contributed by atoms with Gasteiger partial charge in [-0.3, -0.25) is 5.41 Å². The van der Waals surface area contributed by atoms with E-state index in [0.717, 1.165) is 11.3 Å². The maximum Gasteiger partial charge on any atom is 0.145 e. The molecule has 0 fully saturated rings. The molecule has 0 radical (unpaired) electrons. The van der Waals surface area contributed by atoms with Gasteiger partial charge in [-0.05, 0) is 24.0 Å². The number of ether oxygens (including phenoxy) is 1. The number of benzene rings is 1. The van der Waals surface area contributed by atoms with E-state index in [1.54, 1.807) is 0 Å². The van der Waals surface area contributed by atoms with Crippen LogP contribution in [-0.4, -0.2) is 12.4 Å². The number of nitrogens with two attached hydrogens (primary N) is 1. The van der Waals surface area contributed by atoms with Crippen molar-refractivity contribution in [3.05, 3.63) is 29.3 Å². The summed E-state index contributed by atoms with van der Waals surface area (Å²) >= 11 is 0. The van der Waals surface area contributed by atoms with Crippen molar-refractivity contribution in [1.82, 2.24) is 0 Å². The normalized spacial score (nSPS) is 11.2. The number of nitrogens with one attached hydrogen (secondary N) is 1. The zero-order chi connectivity index (χ0) is 12.3. The fourth-order valence-electron chi connectivity index (χ4n) is 1.51. The van der Waals surface area contributed by atoms with Crippen LogP contribution in [0.25, 0.3) is 0 Å². The van der Waals surface area contributed by atoms with E-state index in [1.165, 1.54) is 5.56 Å². The zero-order valence-corrected chi connectivity index (χ0v) is 10.4. The molecule has 3 nitrogen and oxygen atoms in total. The van der Waals surface area contributed by atoms with Gasteiger partial charge in [0.25, 0.3) is 0 Å². The summed E-state index contributed by atoms with van der Waals surface area (Å²) in [5.74, 6) is 0.855. The highest BCUT2D eigenvalue weighted by molar-refractivity contribution is 5.78. The van der Waals surface area contributed by atoms with Crippen LogP contribution in [0.3, 0.4) is 0 Å². The monoisotopic (exact) mass is 220 g/mol. The predicted octanol–water partition coefficient (Wildman–Crippen LogP) is 2.61. The fraction of sp³-hybridized carbons (Fsp3) is 0.462. The average molecular weight is 220 g/mol. The molecule has 3 N–H and O–H groups in total. The third kappa shape index (κ3) is 3.26. The average Bonchev–Trinajstić information content (AvgIpc) is 2.14. The summed E-state index contributed by atoms with van der Waals surface area (Å²) in [5.41, 5.74) is 7.67. The van der Waals surface area contributed by atoms with Crippen molar-refractivity contribution < 1.29 is 4.74 Å². The molecule has 0 saturated heterocycles. The lowest BCUT2D eigenvalue weighted by molar-refractivity contribution is 0.361. The minimum absolute atomic E-state index is 0.0259. The minimum atomic E-state index is 0.0259. The summed E-state index contributed by atoms with van der Waals surface area (Å²) in [4.78, 5) is 0. The SMILES string of the molecule is Cc1ccc(OCC(=N)N)c(C(C)(C)C)c1. The topological polar surface area (TPSA) is 59.1 Å². The van der Waals surface area contributed by atoms with Crippen molar-refractivity contribution in [3.8, 4) is 5.75 Å². The summed E-state index contributed by atoms with van der Waals surface area (Å²) in [6, 6.07) is 6.07. The van der Waals surface area contributed by atoms with Gasteiger partial charge in [-0.15, -0.1) is 0 Å². The van der Waals surface area contributed by atoms with Crippen LogP contribution in [0.2, 0.25) is 0 Å². The molecule has 3 heteroatoms. The molecule has 16 heavy (non-hydrogen) atoms. The highest BCUT2D eigenvalue weighted by Gasteiger charge is 2.19. The van der Waals surface area contributed by atoms with E-state index in [4.69, 9.17) is 15.9 Å². The smallest absolute Gasteiger partial charge is 0.145 e. The van der Waals surface area contributed by atoms with Crippen molar-refractivity contribution >= 4 is 5.84 Å². The lowest BCUT2D eigenvalue weighted by Crippen LogP contribution is -2.21. The maximum atomic E-state index is 7.17. The highest BCUT2D eigenvalue weighted by atomic mass is 16.5. The maximum absolute atomic E-state index is 7.17. The Morgan fingerprint density at radius 3 is 2.50 bits per heavy atom. The number of aryl methyl sites for hydroxylation is 1. The van der Waals surface area contributed by atoms with E-state index >= 15 is 0 Å². The second-order valence-corrected chi connectivity index (χ2v) is 5.06. The van der Waals surface area contributed by atoms with Crippen molar-refractivity contribution in [2.24, 2.45) is 5.73 Å². The first-order valence-corrected chi connectivity index (χ1v) is 5.37. The van der Waals surface area contributed by atoms with Crippen LogP contribution in [0, 0.1) is 12.3 Å². The van der Waals surface area contributed by atoms with Gasteiger partial charge in [0.05, 0.1) is 0 Å². The minimum Gasteiger partial charge on any atom is -0.485 e. The molecule has 0 saturated carbocycles. The first kappa shape index (κ1) is 12.6. The van der Waals surface area contributed by atoms with Crippen LogP contribution < -0.4 is 10.5 Å². The molecule has 0 bridgehead atoms. The van der Waals surface area contributed by atoms with Crippen LogP contribution >= 0.6 is 0 Å². The summed E-state index contributed by atoms with van der Waals surface area (Å²) in [7, 11) is 0. The van der Waals surface area contributed by atoms with E-state index in [0.29, 0.717) is 0 Å². The first-order valence-electron chi connectivity index (χ1n) is 5.37. The fourth-order valence-corrected chi connectivity index (χ4v) is 1.51. The van der Waals surface area contributed by atoms with Crippen LogP contribution in [0.4, 0.5) is 0 Å². The Morgan fingerprint density at radius 2 is 2.00 bits per heavy atom. The number of amidine groups is 1. The second kappa shape index (κ2) is 4.56. The van der Waals surface area contributed by atoms with Gasteiger partial charge in [-0.1, -0.05) is 38.5 Å². The molecule has 0 amide bonds. The van der Waals surface area contributed by atoms with Crippen LogP contribution in [0.15, 0.2) is 18.2 Å². The molecular formula is C13H20N2O. The van der Waals surface area contributed by atoms with Gasteiger partial charge in [-0.2, -0.15) is 0 Å². The molecule has 0 aliphatic rings. The van der Waals surface area contributed by atoms with E-state index in [2.05, 4.69) is 33.8 Å². The zero-order valence-electron chi connectivity index (χ0n) is 10.4. The van der Waals surface area contributed by atoms with Crippen molar-refractivity contribution in [3.63, 3.8) is 0 Å². The number of rotatable bonds is 3. The van der Waals surface area contributed by atoms with Crippen molar-refractivity contribution in [2.75, 3.05) is 6.61 Å². The molecule has 0 heterocycles. The Labute approximate surface area is 97.1 Å². The van der Waals surface area contributed by atoms with E-state index in [9.17, 15) is 0 Å². The Balaban J connectivity index is 3.03. The molecule has 88 valence electrons. The highest BCUT2D eigenvalue weighted by Crippen LogP contribution is 2.31. The molecule has 1 aromatic carbocycles. The lowest BCUT2D eigenvalue weighted by atomic mass is 9.85. The molecule has 0 spiro atoms. The van der Waals surface area contributed by atoms with Gasteiger partial charge in [-0.25, -0.2) is 0 Å². The summed E-state index contributed by atoms with van der Waals surface area (Å²) in [6.07, 6.45) is 0. The number of hydrogen-bond acceptors (Lipinski definition) is 2. The van der Waals surface area contributed by atoms with Gasteiger partial charge in [0.15, 0.2) is 0 Å². The third-order valence-corrected chi connectivity index (χ3v) is 2.33. The van der Waals surface area contributed by atoms with Gasteiger partial charge in [0, 0.05) is 0 Å². The van der Waals surface area contributed by atoms with Crippen LogP contribution in [0.1, 0.15) is 31.9 Å². The standard InChI is InChI=1S/C13H20N2O/c1-9-5-6-11(16-8-12(14)15)10(7-9)13(2,3)4/h5-7H,8H2,1-4H3,(H3,14,15). The summed E-state index contributed by atoms with van der Waals surface area (Å²) in [6.45, 7) is 8.63. The van der Waals surface area contributed by atoms with Crippen molar-refractivity contribution in [1.29, 1.82) is 5.41 Å². The molecule has 1 aromatic rings. The Kier molecular flexibility index (Phi) is 3.58. The molecule has 0 aliphatic carbocycles. The molecule has 0 aromatic heterocycles. The summed E-state index contributed by atoms with van der Waals surface area (Å²) in [5, 5.41) is 7.17. The first-order chi connectivity index (χ1) is 7.30. The molecule has 0 atom stereocenters. The van der Waals surface area contributed by atoms with Crippen LogP contribution in [0.5, 0.6) is 5.75 Å². The largest absolute Gasteiger partial charge is 0.485 e. The quantitative estimate of drug-likeness (QED) is 0.607. The molecule has 1 rings (SSSR count). The number of hydrogen-bond donors (Lipinski definition) is 2. The van der Waals surface area contributed by atoms with Gasteiger partial charge >= 0.3 is 0 Å². The second-order valence-electron chi connectivity index (χ2n) is 5.06. The molecule has 0 unspecified atom stereocenters.